The number of amides is 2. The van der Waals surface area contributed by atoms with Gasteiger partial charge in [-0.25, -0.2) is 9.97 Å². The molecule has 1 aliphatic rings. The van der Waals surface area contributed by atoms with Crippen LogP contribution in [0.5, 0.6) is 0 Å². The van der Waals surface area contributed by atoms with Gasteiger partial charge < -0.3 is 15.5 Å². The topological polar surface area (TPSA) is 87.2 Å². The van der Waals surface area contributed by atoms with Gasteiger partial charge in [-0.15, -0.1) is 0 Å². The largest absolute Gasteiger partial charge is 0.360 e. The van der Waals surface area contributed by atoms with Crippen molar-refractivity contribution in [3.05, 3.63) is 47.3 Å². The number of aryl methyl sites for hydroxylation is 2. The summed E-state index contributed by atoms with van der Waals surface area (Å²) < 4.78 is 0. The first kappa shape index (κ1) is 19.2. The first-order valence-corrected chi connectivity index (χ1v) is 9.80. The third-order valence-corrected chi connectivity index (χ3v) is 4.97. The Morgan fingerprint density at radius 3 is 2.59 bits per heavy atom. The van der Waals surface area contributed by atoms with Gasteiger partial charge in [-0.2, -0.15) is 0 Å². The monoisotopic (exact) mass is 385 g/mol. The van der Waals surface area contributed by atoms with Gasteiger partial charge in [0.25, 0.3) is 0 Å². The molecule has 0 radical (unpaired) electrons. The highest BCUT2D eigenvalue weighted by molar-refractivity contribution is 7.99. The minimum Gasteiger partial charge on any atom is -0.360 e. The molecule has 1 fully saturated rings. The zero-order chi connectivity index (χ0) is 19.2. The highest BCUT2D eigenvalue weighted by Crippen LogP contribution is 2.16. The maximum absolute atomic E-state index is 12.1. The lowest BCUT2D eigenvalue weighted by Crippen LogP contribution is -2.47. The summed E-state index contributed by atoms with van der Waals surface area (Å²) in [7, 11) is 0. The zero-order valence-corrected chi connectivity index (χ0v) is 16.3. The van der Waals surface area contributed by atoms with Crippen LogP contribution in [0.3, 0.4) is 0 Å². The fourth-order valence-electron chi connectivity index (χ4n) is 2.82. The van der Waals surface area contributed by atoms with Gasteiger partial charge in [-0.1, -0.05) is 23.9 Å². The standard InChI is InChI=1S/C19H23N5O2S/c1-13-9-14(2)23-19(22-13)27-12-18(26)21-10-15-3-5-16(6-4-15)24-8-7-20-17(25)11-24/h3-6,9H,7-8,10-12H2,1-2H3,(H,20,25)(H,21,26). The summed E-state index contributed by atoms with van der Waals surface area (Å²) in [4.78, 5) is 34.2. The molecule has 1 aliphatic heterocycles. The normalized spacial score (nSPS) is 14.0. The summed E-state index contributed by atoms with van der Waals surface area (Å²) in [6.45, 7) is 6.15. The van der Waals surface area contributed by atoms with Gasteiger partial charge in [0.15, 0.2) is 5.16 Å². The Kier molecular flexibility index (Phi) is 6.28. The van der Waals surface area contributed by atoms with Crippen LogP contribution in [0.2, 0.25) is 0 Å². The van der Waals surface area contributed by atoms with Gasteiger partial charge in [-0.05, 0) is 37.6 Å². The smallest absolute Gasteiger partial charge is 0.239 e. The maximum atomic E-state index is 12.1. The number of thioether (sulfide) groups is 1. The molecule has 0 saturated carbocycles. The van der Waals surface area contributed by atoms with E-state index in [1.54, 1.807) is 0 Å². The molecule has 142 valence electrons. The molecule has 2 N–H and O–H groups in total. The van der Waals surface area contributed by atoms with E-state index in [0.29, 0.717) is 24.8 Å². The van der Waals surface area contributed by atoms with Gasteiger partial charge in [0.1, 0.15) is 0 Å². The predicted molar refractivity (Wildman–Crippen MR) is 106 cm³/mol. The number of nitrogens with zero attached hydrogens (tertiary/aromatic N) is 3. The summed E-state index contributed by atoms with van der Waals surface area (Å²) in [6.07, 6.45) is 0. The van der Waals surface area contributed by atoms with Crippen LogP contribution < -0.4 is 15.5 Å². The molecule has 3 rings (SSSR count). The fraction of sp³-hybridized carbons (Fsp3) is 0.368. The summed E-state index contributed by atoms with van der Waals surface area (Å²) in [5.41, 5.74) is 3.83. The molecule has 27 heavy (non-hydrogen) atoms. The molecule has 2 heterocycles. The number of anilines is 1. The van der Waals surface area contributed by atoms with E-state index in [0.717, 1.165) is 29.2 Å². The molecular formula is C19H23N5O2S. The second-order valence-electron chi connectivity index (χ2n) is 6.44. The van der Waals surface area contributed by atoms with E-state index in [-0.39, 0.29) is 17.6 Å². The summed E-state index contributed by atoms with van der Waals surface area (Å²) >= 11 is 1.33. The highest BCUT2D eigenvalue weighted by Gasteiger charge is 2.16. The average Bonchev–Trinajstić information content (AvgIpc) is 2.64. The van der Waals surface area contributed by atoms with Crippen molar-refractivity contribution >= 4 is 29.3 Å². The first-order chi connectivity index (χ1) is 13.0. The van der Waals surface area contributed by atoms with E-state index in [1.807, 2.05) is 49.1 Å². The average molecular weight is 385 g/mol. The second-order valence-corrected chi connectivity index (χ2v) is 7.38. The Morgan fingerprint density at radius 2 is 1.93 bits per heavy atom. The Morgan fingerprint density at radius 1 is 1.22 bits per heavy atom. The number of carbonyl (C=O) groups is 2. The van der Waals surface area contributed by atoms with Crippen molar-refractivity contribution < 1.29 is 9.59 Å². The van der Waals surface area contributed by atoms with Crippen LogP contribution in [0.25, 0.3) is 0 Å². The molecule has 8 heteroatoms. The Bertz CT molecular complexity index is 805. The van der Waals surface area contributed by atoms with Gasteiger partial charge >= 0.3 is 0 Å². The number of rotatable bonds is 6. The fourth-order valence-corrected chi connectivity index (χ4v) is 3.60. The number of hydrogen-bond acceptors (Lipinski definition) is 6. The van der Waals surface area contributed by atoms with E-state index in [1.165, 1.54) is 11.8 Å². The van der Waals surface area contributed by atoms with Gasteiger partial charge in [0.05, 0.1) is 12.3 Å². The Hall–Kier alpha value is -2.61. The van der Waals surface area contributed by atoms with Crippen LogP contribution in [-0.2, 0) is 16.1 Å². The molecule has 0 spiro atoms. The predicted octanol–water partition coefficient (Wildman–Crippen LogP) is 1.44. The van der Waals surface area contributed by atoms with Crippen molar-refractivity contribution in [1.82, 2.24) is 20.6 Å². The summed E-state index contributed by atoms with van der Waals surface area (Å²) in [5, 5.41) is 6.35. The molecule has 1 saturated heterocycles. The minimum atomic E-state index is -0.0560. The lowest BCUT2D eigenvalue weighted by molar-refractivity contribution is -0.120. The molecule has 7 nitrogen and oxygen atoms in total. The van der Waals surface area contributed by atoms with E-state index < -0.39 is 0 Å². The van der Waals surface area contributed by atoms with Crippen molar-refractivity contribution in [3.8, 4) is 0 Å². The number of hydrogen-bond donors (Lipinski definition) is 2. The molecule has 0 aliphatic carbocycles. The minimum absolute atomic E-state index is 0.0443. The van der Waals surface area contributed by atoms with Gasteiger partial charge in [-0.3, -0.25) is 9.59 Å². The first-order valence-electron chi connectivity index (χ1n) is 8.82. The zero-order valence-electron chi connectivity index (χ0n) is 15.5. The molecule has 2 amide bonds. The maximum Gasteiger partial charge on any atom is 0.239 e. The number of piperazine rings is 1. The number of carbonyl (C=O) groups excluding carboxylic acids is 2. The molecular weight excluding hydrogens is 362 g/mol. The number of benzene rings is 1. The lowest BCUT2D eigenvalue weighted by atomic mass is 10.2. The van der Waals surface area contributed by atoms with Crippen molar-refractivity contribution in [1.29, 1.82) is 0 Å². The number of nitrogens with one attached hydrogen (secondary N) is 2. The van der Waals surface area contributed by atoms with Crippen LogP contribution in [-0.4, -0.2) is 47.2 Å². The molecule has 1 aromatic heterocycles. The second kappa shape index (κ2) is 8.85. The van der Waals surface area contributed by atoms with E-state index in [9.17, 15) is 9.59 Å². The van der Waals surface area contributed by atoms with Crippen molar-refractivity contribution in [2.45, 2.75) is 25.5 Å². The Balaban J connectivity index is 1.46. The SMILES string of the molecule is Cc1cc(C)nc(SCC(=O)NCc2ccc(N3CCNC(=O)C3)cc2)n1. The molecule has 0 unspecified atom stereocenters. The van der Waals surface area contributed by atoms with Crippen LogP contribution in [0.15, 0.2) is 35.5 Å². The third kappa shape index (κ3) is 5.68. The van der Waals surface area contributed by atoms with E-state index >= 15 is 0 Å². The van der Waals surface area contributed by atoms with Crippen LogP contribution in [0.4, 0.5) is 5.69 Å². The molecule has 1 aromatic carbocycles. The van der Waals surface area contributed by atoms with Crippen LogP contribution >= 0.6 is 11.8 Å². The van der Waals surface area contributed by atoms with Crippen LogP contribution in [0.1, 0.15) is 17.0 Å². The lowest BCUT2D eigenvalue weighted by Gasteiger charge is -2.28. The van der Waals surface area contributed by atoms with Crippen LogP contribution in [0, 0.1) is 13.8 Å². The molecule has 0 bridgehead atoms. The Labute approximate surface area is 163 Å². The van der Waals surface area contributed by atoms with Gasteiger partial charge in [0, 0.05) is 36.7 Å². The van der Waals surface area contributed by atoms with Gasteiger partial charge in [0.2, 0.25) is 11.8 Å². The molecule has 2 aromatic rings. The third-order valence-electron chi connectivity index (χ3n) is 4.12. The number of aromatic nitrogens is 2. The van der Waals surface area contributed by atoms with E-state index in [4.69, 9.17) is 0 Å². The highest BCUT2D eigenvalue weighted by atomic mass is 32.2. The quantitative estimate of drug-likeness (QED) is 0.578. The van der Waals surface area contributed by atoms with Crippen molar-refractivity contribution in [2.75, 3.05) is 30.3 Å². The summed E-state index contributed by atoms with van der Waals surface area (Å²) in [5.74, 6) is 0.270. The van der Waals surface area contributed by atoms with E-state index in [2.05, 4.69) is 20.6 Å². The summed E-state index contributed by atoms with van der Waals surface area (Å²) in [6, 6.07) is 9.82. The van der Waals surface area contributed by atoms with Crippen molar-refractivity contribution in [3.63, 3.8) is 0 Å². The van der Waals surface area contributed by atoms with Crippen molar-refractivity contribution in [2.24, 2.45) is 0 Å². The molecule has 0 atom stereocenters.